The highest BCUT2D eigenvalue weighted by Gasteiger charge is 2.12. The molecule has 0 fully saturated rings. The van der Waals surface area contributed by atoms with Gasteiger partial charge < -0.3 is 25.2 Å². The lowest BCUT2D eigenvalue weighted by molar-refractivity contribution is 0.102. The molecular weight excluding hydrogens is 356 g/mol. The molecule has 0 aromatic heterocycles. The summed E-state index contributed by atoms with van der Waals surface area (Å²) in [7, 11) is 3.08. The van der Waals surface area contributed by atoms with Gasteiger partial charge in [-0.05, 0) is 67.1 Å². The van der Waals surface area contributed by atoms with Crippen LogP contribution < -0.4 is 20.1 Å². The number of carbonyl (C=O) groups excluding carboxylic acids is 1. The molecule has 0 aliphatic carbocycles. The van der Waals surface area contributed by atoms with Gasteiger partial charge in [-0.3, -0.25) is 4.79 Å². The number of nitrogens with one attached hydrogen (secondary N) is 2. The van der Waals surface area contributed by atoms with E-state index >= 15 is 0 Å². The normalized spacial score (nSPS) is 10.2. The number of benzene rings is 3. The Bertz CT molecular complexity index is 984. The standard InChI is InChI=1S/C22H22N2O4/c1-14-4-6-17(23-16-7-9-18(25)10-8-16)13-19(14)24-22(26)15-5-11-20(27-2)21(12-15)28-3/h4-13,23,25H,1-3H3,(H,24,26). The molecule has 0 unspecified atom stereocenters. The van der Waals surface area contributed by atoms with E-state index in [9.17, 15) is 9.90 Å². The molecule has 0 spiro atoms. The fourth-order valence-electron chi connectivity index (χ4n) is 2.72. The monoisotopic (exact) mass is 378 g/mol. The van der Waals surface area contributed by atoms with Gasteiger partial charge in [0.05, 0.1) is 14.2 Å². The van der Waals surface area contributed by atoms with E-state index in [4.69, 9.17) is 9.47 Å². The summed E-state index contributed by atoms with van der Waals surface area (Å²) >= 11 is 0. The lowest BCUT2D eigenvalue weighted by Gasteiger charge is -2.13. The van der Waals surface area contributed by atoms with Crippen LogP contribution in [0.25, 0.3) is 0 Å². The molecule has 0 saturated carbocycles. The molecule has 0 heterocycles. The van der Waals surface area contributed by atoms with E-state index in [1.807, 2.05) is 25.1 Å². The Balaban J connectivity index is 1.79. The average Bonchev–Trinajstić information content (AvgIpc) is 2.71. The van der Waals surface area contributed by atoms with Crippen molar-refractivity contribution in [1.29, 1.82) is 0 Å². The predicted molar refractivity (Wildman–Crippen MR) is 110 cm³/mol. The van der Waals surface area contributed by atoms with Crippen molar-refractivity contribution in [3.05, 3.63) is 71.8 Å². The summed E-state index contributed by atoms with van der Waals surface area (Å²) < 4.78 is 10.5. The van der Waals surface area contributed by atoms with Crippen LogP contribution in [0.2, 0.25) is 0 Å². The second kappa shape index (κ2) is 8.35. The Morgan fingerprint density at radius 1 is 0.857 bits per heavy atom. The summed E-state index contributed by atoms with van der Waals surface area (Å²) in [5.41, 5.74) is 3.75. The zero-order valence-corrected chi connectivity index (χ0v) is 15.9. The highest BCUT2D eigenvalue weighted by Crippen LogP contribution is 2.29. The zero-order valence-electron chi connectivity index (χ0n) is 15.9. The number of anilines is 3. The molecule has 3 aromatic carbocycles. The Kier molecular flexibility index (Phi) is 5.69. The maximum absolute atomic E-state index is 12.7. The number of aromatic hydroxyl groups is 1. The number of hydrogen-bond donors (Lipinski definition) is 3. The van der Waals surface area contributed by atoms with Gasteiger partial charge in [0.15, 0.2) is 11.5 Å². The van der Waals surface area contributed by atoms with Crippen molar-refractivity contribution in [1.82, 2.24) is 0 Å². The SMILES string of the molecule is COc1ccc(C(=O)Nc2cc(Nc3ccc(O)cc3)ccc2C)cc1OC. The molecule has 0 atom stereocenters. The number of amides is 1. The molecule has 3 N–H and O–H groups in total. The molecule has 1 amide bonds. The smallest absolute Gasteiger partial charge is 0.255 e. The van der Waals surface area contributed by atoms with Crippen molar-refractivity contribution in [3.8, 4) is 17.2 Å². The number of ether oxygens (including phenoxy) is 2. The van der Waals surface area contributed by atoms with Crippen molar-refractivity contribution >= 4 is 23.0 Å². The van der Waals surface area contributed by atoms with Gasteiger partial charge in [0, 0.05) is 22.6 Å². The zero-order chi connectivity index (χ0) is 20.1. The number of carbonyl (C=O) groups is 1. The maximum atomic E-state index is 12.7. The molecule has 3 rings (SSSR count). The topological polar surface area (TPSA) is 79.8 Å². The van der Waals surface area contributed by atoms with Gasteiger partial charge in [-0.15, -0.1) is 0 Å². The fourth-order valence-corrected chi connectivity index (χ4v) is 2.72. The first-order valence-electron chi connectivity index (χ1n) is 8.70. The first-order chi connectivity index (χ1) is 13.5. The van der Waals surface area contributed by atoms with Gasteiger partial charge >= 0.3 is 0 Å². The predicted octanol–water partition coefficient (Wildman–Crippen LogP) is 4.71. The van der Waals surface area contributed by atoms with E-state index in [-0.39, 0.29) is 11.7 Å². The Morgan fingerprint density at radius 3 is 2.21 bits per heavy atom. The van der Waals surface area contributed by atoms with E-state index in [0.717, 1.165) is 16.9 Å². The van der Waals surface area contributed by atoms with Crippen LogP contribution >= 0.6 is 0 Å². The van der Waals surface area contributed by atoms with Crippen molar-refractivity contribution in [2.24, 2.45) is 0 Å². The highest BCUT2D eigenvalue weighted by molar-refractivity contribution is 6.05. The molecule has 0 saturated heterocycles. The van der Waals surface area contributed by atoms with Crippen molar-refractivity contribution in [2.75, 3.05) is 24.9 Å². The van der Waals surface area contributed by atoms with Gasteiger partial charge in [-0.2, -0.15) is 0 Å². The van der Waals surface area contributed by atoms with Crippen LogP contribution in [-0.4, -0.2) is 25.2 Å². The van der Waals surface area contributed by atoms with Gasteiger partial charge in [0.1, 0.15) is 5.75 Å². The Hall–Kier alpha value is -3.67. The van der Waals surface area contributed by atoms with Crippen LogP contribution in [-0.2, 0) is 0 Å². The molecule has 3 aromatic rings. The maximum Gasteiger partial charge on any atom is 0.255 e. The lowest BCUT2D eigenvalue weighted by Crippen LogP contribution is -2.13. The largest absolute Gasteiger partial charge is 0.508 e. The van der Waals surface area contributed by atoms with E-state index in [0.29, 0.717) is 22.7 Å². The summed E-state index contributed by atoms with van der Waals surface area (Å²) in [4.78, 5) is 12.7. The average molecular weight is 378 g/mol. The second-order valence-electron chi connectivity index (χ2n) is 6.23. The Labute approximate surface area is 163 Å². The molecule has 0 aliphatic rings. The molecule has 6 nitrogen and oxygen atoms in total. The van der Waals surface area contributed by atoms with Crippen LogP contribution in [0, 0.1) is 6.92 Å². The minimum Gasteiger partial charge on any atom is -0.508 e. The summed E-state index contributed by atoms with van der Waals surface area (Å²) in [6.45, 7) is 1.93. The van der Waals surface area contributed by atoms with E-state index in [1.165, 1.54) is 7.11 Å². The van der Waals surface area contributed by atoms with Gasteiger partial charge in [-0.25, -0.2) is 0 Å². The number of hydrogen-bond acceptors (Lipinski definition) is 5. The second-order valence-corrected chi connectivity index (χ2v) is 6.23. The minimum absolute atomic E-state index is 0.206. The fraction of sp³-hybridized carbons (Fsp3) is 0.136. The van der Waals surface area contributed by atoms with E-state index in [2.05, 4.69) is 10.6 Å². The molecule has 0 aliphatic heterocycles. The number of methoxy groups -OCH3 is 2. The van der Waals surface area contributed by atoms with Crippen LogP contribution in [0.5, 0.6) is 17.2 Å². The first kappa shape index (κ1) is 19.1. The van der Waals surface area contributed by atoms with Crippen molar-refractivity contribution < 1.29 is 19.4 Å². The van der Waals surface area contributed by atoms with Crippen molar-refractivity contribution in [2.45, 2.75) is 6.92 Å². The van der Waals surface area contributed by atoms with Gasteiger partial charge in [0.2, 0.25) is 0 Å². The minimum atomic E-state index is -0.245. The number of rotatable bonds is 6. The molecule has 0 bridgehead atoms. The molecule has 144 valence electrons. The van der Waals surface area contributed by atoms with E-state index in [1.54, 1.807) is 49.6 Å². The molecule has 0 radical (unpaired) electrons. The van der Waals surface area contributed by atoms with Gasteiger partial charge in [0.25, 0.3) is 5.91 Å². The number of phenols is 1. The number of phenolic OH excluding ortho intramolecular Hbond substituents is 1. The van der Waals surface area contributed by atoms with E-state index < -0.39 is 0 Å². The quantitative estimate of drug-likeness (QED) is 0.541. The van der Waals surface area contributed by atoms with Crippen LogP contribution in [0.3, 0.4) is 0 Å². The third kappa shape index (κ3) is 4.35. The number of aryl methyl sites for hydroxylation is 1. The third-order valence-electron chi connectivity index (χ3n) is 4.29. The summed E-state index contributed by atoms with van der Waals surface area (Å²) in [5.74, 6) is 1.02. The lowest BCUT2D eigenvalue weighted by atomic mass is 10.1. The Morgan fingerprint density at radius 2 is 1.54 bits per heavy atom. The summed E-state index contributed by atoms with van der Waals surface area (Å²) in [5, 5.41) is 15.6. The van der Waals surface area contributed by atoms with Crippen LogP contribution in [0.15, 0.2) is 60.7 Å². The molecule has 28 heavy (non-hydrogen) atoms. The molecule has 6 heteroatoms. The third-order valence-corrected chi connectivity index (χ3v) is 4.29. The van der Waals surface area contributed by atoms with Crippen LogP contribution in [0.1, 0.15) is 15.9 Å². The first-order valence-corrected chi connectivity index (χ1v) is 8.70. The summed E-state index contributed by atoms with van der Waals surface area (Å²) in [6, 6.07) is 17.5. The van der Waals surface area contributed by atoms with Crippen molar-refractivity contribution in [3.63, 3.8) is 0 Å². The molecular formula is C22H22N2O4. The summed E-state index contributed by atoms with van der Waals surface area (Å²) in [6.07, 6.45) is 0. The van der Waals surface area contributed by atoms with Gasteiger partial charge in [-0.1, -0.05) is 6.07 Å². The van der Waals surface area contributed by atoms with Crippen LogP contribution in [0.4, 0.5) is 17.1 Å². The highest BCUT2D eigenvalue weighted by atomic mass is 16.5.